The van der Waals surface area contributed by atoms with Crippen molar-refractivity contribution in [3.63, 3.8) is 0 Å². The van der Waals surface area contributed by atoms with Crippen LogP contribution in [0.5, 0.6) is 11.5 Å². The van der Waals surface area contributed by atoms with E-state index in [1.54, 1.807) is 32.4 Å². The lowest BCUT2D eigenvalue weighted by Crippen LogP contribution is -2.48. The third-order valence-corrected chi connectivity index (χ3v) is 3.80. The molecule has 0 atom stereocenters. The zero-order valence-corrected chi connectivity index (χ0v) is 13.0. The van der Waals surface area contributed by atoms with Crippen LogP contribution in [0.25, 0.3) is 0 Å². The summed E-state index contributed by atoms with van der Waals surface area (Å²) in [6.45, 7) is 3.71. The van der Waals surface area contributed by atoms with Gasteiger partial charge in [0.25, 0.3) is 5.91 Å². The van der Waals surface area contributed by atoms with Gasteiger partial charge in [-0.25, -0.2) is 0 Å². The maximum absolute atomic E-state index is 12.6. The highest BCUT2D eigenvalue weighted by Gasteiger charge is 2.22. The molecule has 0 aromatic heterocycles. The third kappa shape index (κ3) is 3.89. The summed E-state index contributed by atoms with van der Waals surface area (Å²) in [6.07, 6.45) is 0.529. The number of piperazine rings is 1. The van der Waals surface area contributed by atoms with Gasteiger partial charge >= 0.3 is 0 Å². The van der Waals surface area contributed by atoms with Crippen LogP contribution in [0, 0.1) is 11.3 Å². The molecule has 1 aromatic rings. The standard InChI is InChI=1S/C16H21N3O3/c1-21-14-10-13(11-15(12-14)22-2)16(20)19-8-6-18(7-9-19)5-3-4-17/h10-12H,3,5-9H2,1-2H3. The van der Waals surface area contributed by atoms with Gasteiger partial charge < -0.3 is 14.4 Å². The van der Waals surface area contributed by atoms with E-state index < -0.39 is 0 Å². The predicted molar refractivity (Wildman–Crippen MR) is 82.1 cm³/mol. The van der Waals surface area contributed by atoms with E-state index >= 15 is 0 Å². The lowest BCUT2D eigenvalue weighted by Gasteiger charge is -2.34. The Morgan fingerprint density at radius 1 is 1.14 bits per heavy atom. The molecule has 22 heavy (non-hydrogen) atoms. The Hall–Kier alpha value is -2.26. The minimum Gasteiger partial charge on any atom is -0.497 e. The highest BCUT2D eigenvalue weighted by atomic mass is 16.5. The Kier molecular flexibility index (Phi) is 5.61. The molecule has 0 N–H and O–H groups in total. The molecule has 2 rings (SSSR count). The SMILES string of the molecule is COc1cc(OC)cc(C(=O)N2CCN(CCC#N)CC2)c1. The van der Waals surface area contributed by atoms with E-state index in [-0.39, 0.29) is 5.91 Å². The number of carbonyl (C=O) groups excluding carboxylic acids is 1. The summed E-state index contributed by atoms with van der Waals surface area (Å²) < 4.78 is 10.4. The first-order valence-electron chi connectivity index (χ1n) is 7.29. The summed E-state index contributed by atoms with van der Waals surface area (Å²) in [5.74, 6) is 1.20. The van der Waals surface area contributed by atoms with Crippen molar-refractivity contribution in [1.29, 1.82) is 5.26 Å². The normalized spacial score (nSPS) is 15.2. The molecule has 1 aliphatic heterocycles. The zero-order valence-electron chi connectivity index (χ0n) is 13.0. The number of methoxy groups -OCH3 is 2. The molecule has 0 saturated carbocycles. The van der Waals surface area contributed by atoms with Crippen LogP contribution in [0.2, 0.25) is 0 Å². The first kappa shape index (κ1) is 16.1. The first-order chi connectivity index (χ1) is 10.7. The largest absolute Gasteiger partial charge is 0.497 e. The molecular weight excluding hydrogens is 282 g/mol. The molecule has 1 saturated heterocycles. The highest BCUT2D eigenvalue weighted by Crippen LogP contribution is 2.23. The van der Waals surface area contributed by atoms with Crippen LogP contribution >= 0.6 is 0 Å². The monoisotopic (exact) mass is 303 g/mol. The number of hydrogen-bond donors (Lipinski definition) is 0. The zero-order chi connectivity index (χ0) is 15.9. The van der Waals surface area contributed by atoms with Crippen molar-refractivity contribution in [2.24, 2.45) is 0 Å². The fourth-order valence-electron chi connectivity index (χ4n) is 2.50. The second-order valence-electron chi connectivity index (χ2n) is 5.14. The first-order valence-corrected chi connectivity index (χ1v) is 7.29. The van der Waals surface area contributed by atoms with Crippen molar-refractivity contribution in [1.82, 2.24) is 9.80 Å². The van der Waals surface area contributed by atoms with Gasteiger partial charge in [0.05, 0.1) is 20.3 Å². The summed E-state index contributed by atoms with van der Waals surface area (Å²) >= 11 is 0. The molecule has 1 amide bonds. The Morgan fingerprint density at radius 3 is 2.23 bits per heavy atom. The van der Waals surface area contributed by atoms with Gasteiger partial charge in [-0.2, -0.15) is 5.26 Å². The fourth-order valence-corrected chi connectivity index (χ4v) is 2.50. The summed E-state index contributed by atoms with van der Waals surface area (Å²) in [6, 6.07) is 7.35. The van der Waals surface area contributed by atoms with Gasteiger partial charge in [0.1, 0.15) is 11.5 Å². The predicted octanol–water partition coefficient (Wildman–Crippen LogP) is 1.38. The summed E-state index contributed by atoms with van der Waals surface area (Å²) in [4.78, 5) is 16.6. The van der Waals surface area contributed by atoms with Gasteiger partial charge in [-0.1, -0.05) is 0 Å². The van der Waals surface area contributed by atoms with Crippen LogP contribution in [0.3, 0.4) is 0 Å². The van der Waals surface area contributed by atoms with Crippen molar-refractivity contribution in [2.75, 3.05) is 46.9 Å². The van der Waals surface area contributed by atoms with E-state index in [1.807, 2.05) is 4.90 Å². The van der Waals surface area contributed by atoms with Gasteiger partial charge in [0.2, 0.25) is 0 Å². The Labute approximate surface area is 130 Å². The van der Waals surface area contributed by atoms with E-state index in [2.05, 4.69) is 11.0 Å². The van der Waals surface area contributed by atoms with Gasteiger partial charge in [-0.3, -0.25) is 9.69 Å². The van der Waals surface area contributed by atoms with E-state index in [1.165, 1.54) is 0 Å². The van der Waals surface area contributed by atoms with Crippen LogP contribution in [-0.4, -0.2) is 62.7 Å². The Balaban J connectivity index is 2.02. The molecule has 1 fully saturated rings. The van der Waals surface area contributed by atoms with Gasteiger partial charge in [-0.05, 0) is 12.1 Å². The summed E-state index contributed by atoms with van der Waals surface area (Å²) in [7, 11) is 3.13. The number of amides is 1. The maximum Gasteiger partial charge on any atom is 0.254 e. The van der Waals surface area contributed by atoms with Crippen LogP contribution in [-0.2, 0) is 0 Å². The molecule has 0 radical (unpaired) electrons. The van der Waals surface area contributed by atoms with Crippen LogP contribution in [0.4, 0.5) is 0 Å². The molecule has 1 aromatic carbocycles. The molecule has 6 heteroatoms. The number of ether oxygens (including phenoxy) is 2. The van der Waals surface area contributed by atoms with E-state index in [9.17, 15) is 4.79 Å². The fraction of sp³-hybridized carbons (Fsp3) is 0.500. The molecule has 118 valence electrons. The van der Waals surface area contributed by atoms with Crippen molar-refractivity contribution in [3.8, 4) is 17.6 Å². The average molecular weight is 303 g/mol. The van der Waals surface area contributed by atoms with Gasteiger partial charge in [0, 0.05) is 50.8 Å². The van der Waals surface area contributed by atoms with Crippen LogP contribution < -0.4 is 9.47 Å². The lowest BCUT2D eigenvalue weighted by atomic mass is 10.1. The Morgan fingerprint density at radius 2 is 1.73 bits per heavy atom. The topological polar surface area (TPSA) is 65.8 Å². The van der Waals surface area contributed by atoms with E-state index in [0.717, 1.165) is 19.6 Å². The number of carbonyl (C=O) groups is 1. The lowest BCUT2D eigenvalue weighted by molar-refractivity contribution is 0.0639. The quantitative estimate of drug-likeness (QED) is 0.822. The van der Waals surface area contributed by atoms with E-state index in [0.29, 0.717) is 36.6 Å². The van der Waals surface area contributed by atoms with Crippen molar-refractivity contribution >= 4 is 5.91 Å². The molecule has 6 nitrogen and oxygen atoms in total. The van der Waals surface area contributed by atoms with Crippen molar-refractivity contribution in [3.05, 3.63) is 23.8 Å². The summed E-state index contributed by atoms with van der Waals surface area (Å²) in [5.41, 5.74) is 0.571. The minimum absolute atomic E-state index is 0.0165. The number of hydrogen-bond acceptors (Lipinski definition) is 5. The Bertz CT molecular complexity index is 538. The third-order valence-electron chi connectivity index (χ3n) is 3.80. The van der Waals surface area contributed by atoms with Crippen LogP contribution in [0.1, 0.15) is 16.8 Å². The number of nitrogens with zero attached hydrogens (tertiary/aromatic N) is 3. The molecular formula is C16H21N3O3. The molecule has 1 aliphatic rings. The molecule has 1 heterocycles. The van der Waals surface area contributed by atoms with E-state index in [4.69, 9.17) is 14.7 Å². The summed E-state index contributed by atoms with van der Waals surface area (Å²) in [5, 5.41) is 8.62. The molecule has 0 bridgehead atoms. The van der Waals surface area contributed by atoms with Crippen LogP contribution in [0.15, 0.2) is 18.2 Å². The van der Waals surface area contributed by atoms with Crippen molar-refractivity contribution in [2.45, 2.75) is 6.42 Å². The molecule has 0 aliphatic carbocycles. The average Bonchev–Trinajstić information content (AvgIpc) is 2.59. The van der Waals surface area contributed by atoms with Crippen molar-refractivity contribution < 1.29 is 14.3 Å². The second kappa shape index (κ2) is 7.66. The second-order valence-corrected chi connectivity index (χ2v) is 5.14. The number of nitriles is 1. The minimum atomic E-state index is -0.0165. The highest BCUT2D eigenvalue weighted by molar-refractivity contribution is 5.95. The molecule has 0 spiro atoms. The number of benzene rings is 1. The molecule has 0 unspecified atom stereocenters. The number of rotatable bonds is 5. The van der Waals surface area contributed by atoms with Gasteiger partial charge in [0.15, 0.2) is 0 Å². The maximum atomic E-state index is 12.6. The van der Waals surface area contributed by atoms with Gasteiger partial charge in [-0.15, -0.1) is 0 Å². The smallest absolute Gasteiger partial charge is 0.254 e.